The summed E-state index contributed by atoms with van der Waals surface area (Å²) in [6.07, 6.45) is 0. The van der Waals surface area contributed by atoms with Gasteiger partial charge in [0.2, 0.25) is 0 Å². The van der Waals surface area contributed by atoms with Gasteiger partial charge in [0.1, 0.15) is 0 Å². The maximum absolute atomic E-state index is 12.4. The molecule has 6 heteroatoms. The van der Waals surface area contributed by atoms with Crippen LogP contribution >= 0.6 is 0 Å². The van der Waals surface area contributed by atoms with E-state index >= 15 is 0 Å². The van der Waals surface area contributed by atoms with Gasteiger partial charge in [0.25, 0.3) is 10.1 Å². The van der Waals surface area contributed by atoms with Crippen molar-refractivity contribution < 1.29 is 17.2 Å². The van der Waals surface area contributed by atoms with E-state index in [-0.39, 0.29) is 4.90 Å². The number of rotatable bonds is 3. The Morgan fingerprint density at radius 2 is 1.50 bits per heavy atom. The molecule has 4 nitrogen and oxygen atoms in total. The fraction of sp³-hybridized carbons (Fsp3) is 0.143. The quantitative estimate of drug-likeness (QED) is 0.885. The van der Waals surface area contributed by atoms with Crippen LogP contribution in [-0.4, -0.2) is 17.2 Å². The molecule has 1 N–H and O–H groups in total. The summed E-state index contributed by atoms with van der Waals surface area (Å²) in [6, 6.07) is 11.5. The maximum atomic E-state index is 12.4. The topological polar surface area (TPSA) is 71.4 Å². The molecule has 0 aromatic heterocycles. The monoisotopic (exact) mass is 310 g/mol. The van der Waals surface area contributed by atoms with E-state index in [1.807, 2.05) is 19.1 Å². The highest BCUT2D eigenvalue weighted by molar-refractivity contribution is 7.86. The highest BCUT2D eigenvalue weighted by Gasteiger charge is 2.16. The Bertz CT molecular complexity index is 762. The molecule has 20 heavy (non-hydrogen) atoms. The maximum Gasteiger partial charge on any atom is 0.294 e. The van der Waals surface area contributed by atoms with Gasteiger partial charge in [-0.3, -0.25) is 4.55 Å². The van der Waals surface area contributed by atoms with Crippen LogP contribution in [0.5, 0.6) is 0 Å². The molecule has 0 bridgehead atoms. The lowest BCUT2D eigenvalue weighted by molar-refractivity contribution is 0.482. The van der Waals surface area contributed by atoms with Gasteiger partial charge in [0, 0.05) is 9.79 Å². The summed E-state index contributed by atoms with van der Waals surface area (Å²) in [5.41, 5.74) is 1.46. The van der Waals surface area contributed by atoms with Crippen molar-refractivity contribution in [3.05, 3.63) is 53.6 Å². The molecular weight excluding hydrogens is 296 g/mol. The van der Waals surface area contributed by atoms with Crippen LogP contribution in [0.2, 0.25) is 0 Å². The van der Waals surface area contributed by atoms with E-state index in [9.17, 15) is 12.6 Å². The molecule has 0 amide bonds. The van der Waals surface area contributed by atoms with Gasteiger partial charge in [0.05, 0.1) is 15.7 Å². The van der Waals surface area contributed by atoms with Gasteiger partial charge < -0.3 is 0 Å². The van der Waals surface area contributed by atoms with Crippen LogP contribution in [0, 0.1) is 13.8 Å². The van der Waals surface area contributed by atoms with Gasteiger partial charge in [-0.15, -0.1) is 0 Å². The Morgan fingerprint density at radius 1 is 0.950 bits per heavy atom. The van der Waals surface area contributed by atoms with Gasteiger partial charge in [-0.1, -0.05) is 23.8 Å². The summed E-state index contributed by atoms with van der Waals surface area (Å²) in [4.78, 5) is 0.711. The lowest BCUT2D eigenvalue weighted by Gasteiger charge is -2.07. The fourth-order valence-corrected chi connectivity index (χ4v) is 3.67. The summed E-state index contributed by atoms with van der Waals surface area (Å²) in [7, 11) is -5.80. The van der Waals surface area contributed by atoms with E-state index in [1.54, 1.807) is 25.1 Å². The highest BCUT2D eigenvalue weighted by Crippen LogP contribution is 2.22. The Morgan fingerprint density at radius 3 is 2.05 bits per heavy atom. The summed E-state index contributed by atoms with van der Waals surface area (Å²) >= 11 is 0. The Balaban J connectivity index is 2.49. The van der Waals surface area contributed by atoms with Crippen molar-refractivity contribution in [3.8, 4) is 0 Å². The van der Waals surface area contributed by atoms with Crippen LogP contribution in [0.1, 0.15) is 11.1 Å². The minimum atomic E-state index is -4.31. The first-order valence-electron chi connectivity index (χ1n) is 5.85. The van der Waals surface area contributed by atoms with E-state index in [0.29, 0.717) is 15.4 Å². The molecule has 0 fully saturated rings. The zero-order valence-corrected chi connectivity index (χ0v) is 12.7. The minimum Gasteiger partial charge on any atom is -0.282 e. The van der Waals surface area contributed by atoms with Gasteiger partial charge in [-0.2, -0.15) is 8.42 Å². The summed E-state index contributed by atoms with van der Waals surface area (Å²) in [6.45, 7) is 3.50. The van der Waals surface area contributed by atoms with Crippen molar-refractivity contribution >= 4 is 20.9 Å². The summed E-state index contributed by atoms with van der Waals surface area (Å²) in [5.74, 6) is 0. The third kappa shape index (κ3) is 3.15. The molecule has 1 unspecified atom stereocenters. The molecule has 0 aliphatic carbocycles. The fourth-order valence-electron chi connectivity index (χ4n) is 1.77. The second-order valence-electron chi connectivity index (χ2n) is 4.48. The number of hydrogen-bond acceptors (Lipinski definition) is 3. The molecule has 106 valence electrons. The first-order chi connectivity index (χ1) is 9.29. The number of benzene rings is 2. The third-order valence-electron chi connectivity index (χ3n) is 2.89. The molecule has 0 aliphatic rings. The largest absolute Gasteiger partial charge is 0.294 e. The van der Waals surface area contributed by atoms with Crippen molar-refractivity contribution in [1.29, 1.82) is 0 Å². The van der Waals surface area contributed by atoms with E-state index in [1.165, 1.54) is 12.1 Å². The van der Waals surface area contributed by atoms with Gasteiger partial charge in [-0.25, -0.2) is 4.21 Å². The predicted octanol–water partition coefficient (Wildman–Crippen LogP) is 2.72. The van der Waals surface area contributed by atoms with Crippen molar-refractivity contribution in [2.45, 2.75) is 28.5 Å². The van der Waals surface area contributed by atoms with Gasteiger partial charge >= 0.3 is 0 Å². The molecule has 2 aromatic carbocycles. The second-order valence-corrected chi connectivity index (χ2v) is 7.35. The molecule has 0 spiro atoms. The van der Waals surface area contributed by atoms with Crippen LogP contribution in [-0.2, 0) is 20.9 Å². The first kappa shape index (κ1) is 14.9. The summed E-state index contributed by atoms with van der Waals surface area (Å²) in [5, 5.41) is 0. The van der Waals surface area contributed by atoms with Gasteiger partial charge in [0.15, 0.2) is 0 Å². The number of aryl methyl sites for hydroxylation is 2. The molecule has 2 aromatic rings. The molecule has 1 atom stereocenters. The molecule has 0 heterocycles. The Hall–Kier alpha value is -1.50. The zero-order chi connectivity index (χ0) is 14.9. The van der Waals surface area contributed by atoms with Crippen molar-refractivity contribution in [2.75, 3.05) is 0 Å². The second kappa shape index (κ2) is 5.47. The normalized spacial score (nSPS) is 13.2. The highest BCUT2D eigenvalue weighted by atomic mass is 32.2. The van der Waals surface area contributed by atoms with E-state index < -0.39 is 20.9 Å². The Kier molecular flexibility index (Phi) is 4.08. The molecule has 0 aliphatic heterocycles. The van der Waals surface area contributed by atoms with Gasteiger partial charge in [-0.05, 0) is 43.7 Å². The molecule has 0 saturated carbocycles. The first-order valence-corrected chi connectivity index (χ1v) is 8.44. The molecular formula is C14H14O4S2. The molecule has 2 rings (SSSR count). The van der Waals surface area contributed by atoms with Crippen molar-refractivity contribution in [1.82, 2.24) is 0 Å². The lowest BCUT2D eigenvalue weighted by Crippen LogP contribution is -2.03. The average molecular weight is 310 g/mol. The van der Waals surface area contributed by atoms with Crippen molar-refractivity contribution in [2.24, 2.45) is 0 Å². The Labute approximate surface area is 120 Å². The van der Waals surface area contributed by atoms with Crippen LogP contribution in [0.3, 0.4) is 0 Å². The molecule has 0 saturated heterocycles. The zero-order valence-electron chi connectivity index (χ0n) is 11.0. The predicted molar refractivity (Wildman–Crippen MR) is 76.8 cm³/mol. The van der Waals surface area contributed by atoms with E-state index in [0.717, 1.165) is 5.56 Å². The standard InChI is InChI=1S/C14H14O4S2/c1-10-3-6-12(7-4-10)19(15)13-8-5-11(2)14(9-13)20(16,17)18/h3-9H,1-2H3,(H,16,17,18). The lowest BCUT2D eigenvalue weighted by atomic mass is 10.2. The minimum absolute atomic E-state index is 0.213. The van der Waals surface area contributed by atoms with Crippen LogP contribution < -0.4 is 0 Å². The average Bonchev–Trinajstić information content (AvgIpc) is 2.38. The smallest absolute Gasteiger partial charge is 0.282 e. The third-order valence-corrected chi connectivity index (χ3v) is 5.26. The summed E-state index contributed by atoms with van der Waals surface area (Å²) < 4.78 is 44.1. The SMILES string of the molecule is Cc1ccc(S(=O)c2ccc(C)c(S(=O)(=O)O)c2)cc1. The van der Waals surface area contributed by atoms with Crippen LogP contribution in [0.4, 0.5) is 0 Å². The van der Waals surface area contributed by atoms with E-state index in [2.05, 4.69) is 0 Å². The van der Waals surface area contributed by atoms with Crippen LogP contribution in [0.25, 0.3) is 0 Å². The number of hydrogen-bond donors (Lipinski definition) is 1. The molecule has 0 radical (unpaired) electrons. The van der Waals surface area contributed by atoms with Crippen molar-refractivity contribution in [3.63, 3.8) is 0 Å². The van der Waals surface area contributed by atoms with E-state index in [4.69, 9.17) is 4.55 Å². The van der Waals surface area contributed by atoms with Crippen LogP contribution in [0.15, 0.2) is 57.2 Å².